The highest BCUT2D eigenvalue weighted by Crippen LogP contribution is 1.72. The van der Waals surface area contributed by atoms with E-state index in [1.165, 1.54) is 6.26 Å². The lowest BCUT2D eigenvalue weighted by atomic mass is 10.6. The number of aromatic nitrogens is 3. The van der Waals surface area contributed by atoms with Crippen LogP contribution in [0.1, 0.15) is 0 Å². The maximum atomic E-state index is 4.33. The van der Waals surface area contributed by atoms with Crippen molar-refractivity contribution in [3.05, 3.63) is 43.1 Å². The van der Waals surface area contributed by atoms with Gasteiger partial charge in [-0.25, -0.2) is 0 Å². The predicted octanol–water partition coefficient (Wildman–Crippen LogP) is 1.15. The van der Waals surface area contributed by atoms with E-state index in [-0.39, 0.29) is 0 Å². The van der Waals surface area contributed by atoms with Gasteiger partial charge in [0, 0.05) is 12.4 Å². The van der Waals surface area contributed by atoms with Crippen LogP contribution >= 0.6 is 0 Å². The fourth-order valence-electron chi connectivity index (χ4n) is 0.429. The van der Waals surface area contributed by atoms with E-state index in [9.17, 15) is 0 Å². The molecular weight excluding hydrogens is 142 g/mol. The smallest absolute Gasteiger partial charge is 0.123 e. The number of nitrogens with zero attached hydrogens (tertiary/aromatic N) is 3. The number of rotatable bonds is 0. The van der Waals surface area contributed by atoms with Crippen molar-refractivity contribution in [1.82, 2.24) is 15.4 Å². The zero-order valence-electron chi connectivity index (χ0n) is 5.79. The summed E-state index contributed by atoms with van der Waals surface area (Å²) in [7, 11) is 0. The van der Waals surface area contributed by atoms with Crippen molar-refractivity contribution in [2.75, 3.05) is 0 Å². The molecule has 4 heteroatoms. The first-order chi connectivity index (χ1) is 5.50. The van der Waals surface area contributed by atoms with Crippen LogP contribution in [0.15, 0.2) is 47.6 Å². The van der Waals surface area contributed by atoms with E-state index >= 15 is 0 Å². The molecule has 0 bridgehead atoms. The Morgan fingerprint density at radius 2 is 1.55 bits per heavy atom. The molecule has 0 fully saturated rings. The largest absolute Gasteiger partial charge is 0.365 e. The van der Waals surface area contributed by atoms with Crippen LogP contribution in [0.5, 0.6) is 0 Å². The lowest BCUT2D eigenvalue weighted by Crippen LogP contribution is -1.69. The highest BCUT2D eigenvalue weighted by Gasteiger charge is 1.60. The molecule has 0 saturated carbocycles. The predicted molar refractivity (Wildman–Crippen MR) is 38.5 cm³/mol. The minimum atomic E-state index is 1.51. The van der Waals surface area contributed by atoms with Gasteiger partial charge in [-0.15, -0.1) is 0 Å². The molecular formula is C7H7N3O. The molecule has 0 aromatic carbocycles. The van der Waals surface area contributed by atoms with Gasteiger partial charge in [0.25, 0.3) is 0 Å². The lowest BCUT2D eigenvalue weighted by Gasteiger charge is -1.69. The van der Waals surface area contributed by atoms with Crippen LogP contribution in [0, 0.1) is 0 Å². The molecule has 2 heterocycles. The van der Waals surface area contributed by atoms with Crippen molar-refractivity contribution < 1.29 is 4.52 Å². The highest BCUT2D eigenvalue weighted by molar-refractivity contribution is 4.79. The average Bonchev–Trinajstić information content (AvgIpc) is 2.64. The third-order valence-corrected chi connectivity index (χ3v) is 0.830. The van der Waals surface area contributed by atoms with E-state index in [0.29, 0.717) is 0 Å². The second-order valence-corrected chi connectivity index (χ2v) is 1.60. The summed E-state index contributed by atoms with van der Waals surface area (Å²) in [5, 5.41) is 10.4. The molecule has 0 unspecified atom stereocenters. The minimum Gasteiger partial charge on any atom is -0.365 e. The fraction of sp³-hybridized carbons (Fsp3) is 0. The molecule has 0 spiro atoms. The molecule has 0 amide bonds. The Bertz CT molecular complexity index is 200. The Labute approximate surface area is 63.9 Å². The maximum absolute atomic E-state index is 4.33. The summed E-state index contributed by atoms with van der Waals surface area (Å²) in [6.45, 7) is 0. The van der Waals surface area contributed by atoms with Gasteiger partial charge in [-0.05, 0) is 18.2 Å². The second kappa shape index (κ2) is 5.10. The first kappa shape index (κ1) is 7.40. The maximum Gasteiger partial charge on any atom is 0.123 e. The van der Waals surface area contributed by atoms with Crippen LogP contribution in [-0.4, -0.2) is 15.4 Å². The van der Waals surface area contributed by atoms with Gasteiger partial charge in [0.05, 0.1) is 6.20 Å². The molecule has 0 radical (unpaired) electrons. The Morgan fingerprint density at radius 1 is 0.818 bits per heavy atom. The van der Waals surface area contributed by atoms with Crippen molar-refractivity contribution >= 4 is 0 Å². The standard InChI is InChI=1S/C4H4N2.C3H3NO/c1-2-4-6-5-3-1;1-2-4-5-3-1/h1-4H;1-3H. The van der Waals surface area contributed by atoms with Crippen molar-refractivity contribution in [3.63, 3.8) is 0 Å². The van der Waals surface area contributed by atoms with Gasteiger partial charge in [0.2, 0.25) is 0 Å². The van der Waals surface area contributed by atoms with Crippen LogP contribution in [0.3, 0.4) is 0 Å². The summed E-state index contributed by atoms with van der Waals surface area (Å²) in [6, 6.07) is 5.38. The van der Waals surface area contributed by atoms with E-state index in [1.807, 2.05) is 12.1 Å². The molecule has 4 nitrogen and oxygen atoms in total. The first-order valence-electron chi connectivity index (χ1n) is 3.06. The molecule has 0 aliphatic rings. The van der Waals surface area contributed by atoms with Gasteiger partial charge >= 0.3 is 0 Å². The van der Waals surface area contributed by atoms with Gasteiger partial charge in [-0.2, -0.15) is 10.2 Å². The van der Waals surface area contributed by atoms with Crippen LogP contribution < -0.4 is 0 Å². The van der Waals surface area contributed by atoms with Gasteiger partial charge in [-0.3, -0.25) is 0 Å². The topological polar surface area (TPSA) is 51.8 Å². The monoisotopic (exact) mass is 149 g/mol. The third kappa shape index (κ3) is 3.80. The minimum absolute atomic E-state index is 1.51. The zero-order chi connectivity index (χ0) is 7.78. The van der Waals surface area contributed by atoms with Crippen LogP contribution in [0.4, 0.5) is 0 Å². The number of hydrogen-bond donors (Lipinski definition) is 0. The Hall–Kier alpha value is -1.71. The summed E-state index contributed by atoms with van der Waals surface area (Å²) in [5.41, 5.74) is 0. The summed E-state index contributed by atoms with van der Waals surface area (Å²) in [6.07, 6.45) is 6.38. The summed E-state index contributed by atoms with van der Waals surface area (Å²) < 4.78 is 4.33. The average molecular weight is 149 g/mol. The molecule has 2 rings (SSSR count). The molecule has 2 aromatic heterocycles. The van der Waals surface area contributed by atoms with Crippen LogP contribution in [0.2, 0.25) is 0 Å². The summed E-state index contributed by atoms with van der Waals surface area (Å²) >= 11 is 0. The SMILES string of the molecule is c1ccnnc1.c1cnoc1. The molecule has 0 aliphatic heterocycles. The molecule has 0 aliphatic carbocycles. The Morgan fingerprint density at radius 3 is 1.73 bits per heavy atom. The van der Waals surface area contributed by atoms with Gasteiger partial charge in [-0.1, -0.05) is 5.16 Å². The molecule has 0 saturated heterocycles. The highest BCUT2D eigenvalue weighted by atomic mass is 16.5. The quantitative estimate of drug-likeness (QED) is 0.563. The zero-order valence-corrected chi connectivity index (χ0v) is 5.79. The van der Waals surface area contributed by atoms with Crippen molar-refractivity contribution in [1.29, 1.82) is 0 Å². The normalized spacial score (nSPS) is 8.00. The Kier molecular flexibility index (Phi) is 3.43. The van der Waals surface area contributed by atoms with Gasteiger partial charge in [0.15, 0.2) is 0 Å². The fourth-order valence-corrected chi connectivity index (χ4v) is 0.429. The number of hydrogen-bond acceptors (Lipinski definition) is 4. The lowest BCUT2D eigenvalue weighted by molar-refractivity contribution is 0.420. The van der Waals surface area contributed by atoms with Crippen LogP contribution in [0.25, 0.3) is 0 Å². The van der Waals surface area contributed by atoms with Gasteiger partial charge in [0.1, 0.15) is 6.26 Å². The summed E-state index contributed by atoms with van der Waals surface area (Å²) in [4.78, 5) is 0. The van der Waals surface area contributed by atoms with E-state index in [4.69, 9.17) is 0 Å². The van der Waals surface area contributed by atoms with Gasteiger partial charge < -0.3 is 4.52 Å². The molecule has 2 aromatic rings. The van der Waals surface area contributed by atoms with Crippen LogP contribution in [-0.2, 0) is 0 Å². The van der Waals surface area contributed by atoms with E-state index < -0.39 is 0 Å². The summed E-state index contributed by atoms with van der Waals surface area (Å²) in [5.74, 6) is 0. The third-order valence-electron chi connectivity index (χ3n) is 0.830. The van der Waals surface area contributed by atoms with E-state index in [2.05, 4.69) is 19.9 Å². The molecule has 0 N–H and O–H groups in total. The molecule has 56 valence electrons. The van der Waals surface area contributed by atoms with E-state index in [1.54, 1.807) is 24.7 Å². The Balaban J connectivity index is 0.000000112. The van der Waals surface area contributed by atoms with E-state index in [0.717, 1.165) is 0 Å². The van der Waals surface area contributed by atoms with Crippen molar-refractivity contribution in [2.24, 2.45) is 0 Å². The first-order valence-corrected chi connectivity index (χ1v) is 3.06. The molecule has 11 heavy (non-hydrogen) atoms. The molecule has 0 atom stereocenters. The second-order valence-electron chi connectivity index (χ2n) is 1.60. The van der Waals surface area contributed by atoms with Crippen molar-refractivity contribution in [2.45, 2.75) is 0 Å². The van der Waals surface area contributed by atoms with Crippen molar-refractivity contribution in [3.8, 4) is 0 Å².